The van der Waals surface area contributed by atoms with Crippen LogP contribution in [0.3, 0.4) is 0 Å². The number of nitrogens with zero attached hydrogens (tertiary/aromatic N) is 3. The van der Waals surface area contributed by atoms with E-state index in [4.69, 9.17) is 5.11 Å². The van der Waals surface area contributed by atoms with Gasteiger partial charge < -0.3 is 10.4 Å². The Kier molecular flexibility index (Phi) is 3.90. The lowest BCUT2D eigenvalue weighted by Crippen LogP contribution is -2.15. The third kappa shape index (κ3) is 3.29. The van der Waals surface area contributed by atoms with Crippen LogP contribution < -0.4 is 5.32 Å². The van der Waals surface area contributed by atoms with Crippen molar-refractivity contribution >= 4 is 23.8 Å². The van der Waals surface area contributed by atoms with E-state index in [1.165, 1.54) is 23.0 Å². The zero-order valence-electron chi connectivity index (χ0n) is 10.6. The van der Waals surface area contributed by atoms with Crippen molar-refractivity contribution in [2.45, 2.75) is 0 Å². The molecule has 20 heavy (non-hydrogen) atoms. The lowest BCUT2D eigenvalue weighted by Gasteiger charge is -2.04. The average molecular weight is 272 g/mol. The van der Waals surface area contributed by atoms with Gasteiger partial charge in [-0.05, 0) is 17.7 Å². The average Bonchev–Trinajstić information content (AvgIpc) is 2.82. The van der Waals surface area contributed by atoms with Crippen LogP contribution in [0.15, 0.2) is 36.7 Å². The van der Waals surface area contributed by atoms with E-state index in [9.17, 15) is 9.59 Å². The smallest absolute Gasteiger partial charge is 0.328 e. The van der Waals surface area contributed by atoms with E-state index in [1.807, 2.05) is 0 Å². The fourth-order valence-corrected chi connectivity index (χ4v) is 1.48. The Labute approximate surface area is 114 Å². The third-order valence-corrected chi connectivity index (χ3v) is 2.50. The van der Waals surface area contributed by atoms with Crippen molar-refractivity contribution < 1.29 is 14.7 Å². The predicted molar refractivity (Wildman–Crippen MR) is 72.1 cm³/mol. The molecule has 2 heterocycles. The maximum Gasteiger partial charge on any atom is 0.328 e. The van der Waals surface area contributed by atoms with E-state index in [0.29, 0.717) is 11.4 Å². The van der Waals surface area contributed by atoms with E-state index >= 15 is 0 Å². The van der Waals surface area contributed by atoms with Crippen molar-refractivity contribution in [2.75, 3.05) is 5.32 Å². The van der Waals surface area contributed by atoms with E-state index in [-0.39, 0.29) is 11.6 Å². The zero-order chi connectivity index (χ0) is 14.5. The van der Waals surface area contributed by atoms with Gasteiger partial charge in [-0.2, -0.15) is 5.10 Å². The fraction of sp³-hybridized carbons (Fsp3) is 0.0769. The SMILES string of the molecule is Cn1nccc1NC(=O)c1ccc(C=CC(=O)O)cn1. The minimum Gasteiger partial charge on any atom is -0.478 e. The Bertz CT molecular complexity index is 659. The summed E-state index contributed by atoms with van der Waals surface area (Å²) in [6.07, 6.45) is 5.41. The minimum atomic E-state index is -1.04. The van der Waals surface area contributed by atoms with Crippen LogP contribution >= 0.6 is 0 Å². The molecule has 0 saturated heterocycles. The molecule has 0 aliphatic carbocycles. The first-order valence-electron chi connectivity index (χ1n) is 5.72. The van der Waals surface area contributed by atoms with E-state index in [1.54, 1.807) is 25.4 Å². The fourth-order valence-electron chi connectivity index (χ4n) is 1.48. The summed E-state index contributed by atoms with van der Waals surface area (Å²) in [6.45, 7) is 0. The van der Waals surface area contributed by atoms with Crippen LogP contribution in [-0.2, 0) is 11.8 Å². The highest BCUT2D eigenvalue weighted by atomic mass is 16.4. The molecule has 2 aromatic rings. The number of amides is 1. The topological polar surface area (TPSA) is 97.1 Å². The zero-order valence-corrected chi connectivity index (χ0v) is 10.6. The second kappa shape index (κ2) is 5.79. The van der Waals surface area contributed by atoms with Crippen LogP contribution in [0.2, 0.25) is 0 Å². The third-order valence-electron chi connectivity index (χ3n) is 2.50. The minimum absolute atomic E-state index is 0.235. The molecule has 7 nitrogen and oxygen atoms in total. The number of nitrogens with one attached hydrogen (secondary N) is 1. The van der Waals surface area contributed by atoms with Crippen LogP contribution in [-0.4, -0.2) is 31.7 Å². The van der Waals surface area contributed by atoms with Crippen LogP contribution in [0.1, 0.15) is 16.1 Å². The van der Waals surface area contributed by atoms with Gasteiger partial charge in [-0.3, -0.25) is 14.5 Å². The number of anilines is 1. The van der Waals surface area contributed by atoms with Gasteiger partial charge in [-0.15, -0.1) is 0 Å². The first-order chi connectivity index (χ1) is 9.56. The molecule has 2 N–H and O–H groups in total. The largest absolute Gasteiger partial charge is 0.478 e. The molecule has 0 atom stereocenters. The lowest BCUT2D eigenvalue weighted by molar-refractivity contribution is -0.131. The van der Waals surface area contributed by atoms with Crippen molar-refractivity contribution in [1.82, 2.24) is 14.8 Å². The van der Waals surface area contributed by atoms with E-state index in [2.05, 4.69) is 15.4 Å². The molecule has 0 spiro atoms. The standard InChI is InChI=1S/C13H12N4O3/c1-17-11(6-7-15-17)16-13(20)10-4-2-9(8-14-10)3-5-12(18)19/h2-8H,1H3,(H,16,20)(H,18,19). The summed E-state index contributed by atoms with van der Waals surface area (Å²) in [5.41, 5.74) is 0.836. The molecule has 0 unspecified atom stereocenters. The number of carbonyl (C=O) groups is 2. The van der Waals surface area contributed by atoms with Gasteiger partial charge in [0.2, 0.25) is 0 Å². The van der Waals surface area contributed by atoms with Crippen LogP contribution in [0.25, 0.3) is 6.08 Å². The summed E-state index contributed by atoms with van der Waals surface area (Å²) in [5, 5.41) is 15.1. The van der Waals surface area contributed by atoms with Gasteiger partial charge in [0, 0.05) is 25.4 Å². The summed E-state index contributed by atoms with van der Waals surface area (Å²) < 4.78 is 1.53. The van der Waals surface area contributed by atoms with Crippen LogP contribution in [0.4, 0.5) is 5.82 Å². The lowest BCUT2D eigenvalue weighted by atomic mass is 10.2. The molecule has 0 aliphatic heterocycles. The number of carbonyl (C=O) groups excluding carboxylic acids is 1. The van der Waals surface area contributed by atoms with Gasteiger partial charge in [-0.25, -0.2) is 4.79 Å². The van der Waals surface area contributed by atoms with Crippen molar-refractivity contribution in [2.24, 2.45) is 7.05 Å². The summed E-state index contributed by atoms with van der Waals surface area (Å²) in [6, 6.07) is 4.81. The van der Waals surface area contributed by atoms with Crippen molar-refractivity contribution in [3.05, 3.63) is 47.9 Å². The second-order valence-electron chi connectivity index (χ2n) is 3.94. The highest BCUT2D eigenvalue weighted by Crippen LogP contribution is 2.07. The molecule has 2 aromatic heterocycles. The number of aliphatic carboxylic acids is 1. The van der Waals surface area contributed by atoms with E-state index < -0.39 is 5.97 Å². The Balaban J connectivity index is 2.08. The van der Waals surface area contributed by atoms with Gasteiger partial charge >= 0.3 is 5.97 Å². The molecule has 102 valence electrons. The molecule has 2 rings (SSSR count). The Hall–Kier alpha value is -2.96. The van der Waals surface area contributed by atoms with Crippen molar-refractivity contribution in [1.29, 1.82) is 0 Å². The first-order valence-corrected chi connectivity index (χ1v) is 5.72. The van der Waals surface area contributed by atoms with Gasteiger partial charge in [-0.1, -0.05) is 6.07 Å². The summed E-state index contributed by atoms with van der Waals surface area (Å²) in [5.74, 6) is -0.836. The highest BCUT2D eigenvalue weighted by molar-refractivity contribution is 6.02. The molecule has 0 fully saturated rings. The number of pyridine rings is 1. The summed E-state index contributed by atoms with van der Waals surface area (Å²) in [4.78, 5) is 26.3. The molecule has 0 aliphatic rings. The molecular formula is C13H12N4O3. The van der Waals surface area contributed by atoms with Crippen LogP contribution in [0.5, 0.6) is 0 Å². The normalized spacial score (nSPS) is 10.7. The first kappa shape index (κ1) is 13.5. The number of hydrogen-bond acceptors (Lipinski definition) is 4. The van der Waals surface area contributed by atoms with Crippen LogP contribution in [0, 0.1) is 0 Å². The van der Waals surface area contributed by atoms with Gasteiger partial charge in [0.05, 0.1) is 6.20 Å². The Morgan fingerprint density at radius 1 is 1.35 bits per heavy atom. The molecular weight excluding hydrogens is 260 g/mol. The Morgan fingerprint density at radius 2 is 2.15 bits per heavy atom. The predicted octanol–water partition coefficient (Wildman–Crippen LogP) is 1.17. The number of carboxylic acid groups (broad SMARTS) is 1. The monoisotopic (exact) mass is 272 g/mol. The van der Waals surface area contributed by atoms with Gasteiger partial charge in [0.25, 0.3) is 5.91 Å². The van der Waals surface area contributed by atoms with Crippen molar-refractivity contribution in [3.8, 4) is 0 Å². The molecule has 1 amide bonds. The van der Waals surface area contributed by atoms with Crippen molar-refractivity contribution in [3.63, 3.8) is 0 Å². The second-order valence-corrected chi connectivity index (χ2v) is 3.94. The van der Waals surface area contributed by atoms with Gasteiger partial charge in [0.15, 0.2) is 0 Å². The number of rotatable bonds is 4. The maximum atomic E-state index is 11.9. The molecule has 0 radical (unpaired) electrons. The molecule has 7 heteroatoms. The summed E-state index contributed by atoms with van der Waals surface area (Å²) in [7, 11) is 1.71. The molecule has 0 saturated carbocycles. The quantitative estimate of drug-likeness (QED) is 0.814. The Morgan fingerprint density at radius 3 is 2.70 bits per heavy atom. The number of aromatic nitrogens is 3. The highest BCUT2D eigenvalue weighted by Gasteiger charge is 2.09. The molecule has 0 bridgehead atoms. The summed E-state index contributed by atoms with van der Waals surface area (Å²) >= 11 is 0. The van der Waals surface area contributed by atoms with Gasteiger partial charge in [0.1, 0.15) is 11.5 Å². The number of carboxylic acids is 1. The maximum absolute atomic E-state index is 11.9. The van der Waals surface area contributed by atoms with E-state index in [0.717, 1.165) is 6.08 Å². The number of hydrogen-bond donors (Lipinski definition) is 2. The molecule has 0 aromatic carbocycles. The number of aryl methyl sites for hydroxylation is 1.